The van der Waals surface area contributed by atoms with E-state index < -0.39 is 0 Å². The molecule has 0 spiro atoms. The van der Waals surface area contributed by atoms with Crippen LogP contribution in [0.4, 0.5) is 5.69 Å². The van der Waals surface area contributed by atoms with Crippen molar-refractivity contribution in [3.8, 4) is 5.75 Å². The second kappa shape index (κ2) is 8.89. The summed E-state index contributed by atoms with van der Waals surface area (Å²) in [6.45, 7) is 3.36. The van der Waals surface area contributed by atoms with Gasteiger partial charge in [0.25, 0.3) is 5.91 Å². The molecule has 1 N–H and O–H groups in total. The first-order valence-corrected chi connectivity index (χ1v) is 8.99. The first-order chi connectivity index (χ1) is 12.4. The average molecular weight is 363 g/mol. The predicted octanol–water partition coefficient (Wildman–Crippen LogP) is 1.21. The van der Waals surface area contributed by atoms with Gasteiger partial charge in [0.15, 0.2) is 0 Å². The molecule has 0 saturated carbocycles. The first kappa shape index (κ1) is 20.0. The maximum Gasteiger partial charge on any atom is 0.253 e. The molecule has 0 fully saturated rings. The summed E-state index contributed by atoms with van der Waals surface area (Å²) in [6, 6.07) is 5.25. The fraction of sp³-hybridized carbons (Fsp3) is 0.579. The SMILES string of the molecule is CCCN(CCO)C(=O)C[C@@H]1COc2ccc(C(=O)N(C)C)cc2N1C. The normalized spacial score (nSPS) is 15.9. The van der Waals surface area contributed by atoms with E-state index in [0.29, 0.717) is 37.4 Å². The van der Waals surface area contributed by atoms with Crippen molar-refractivity contribution in [1.29, 1.82) is 0 Å². The van der Waals surface area contributed by atoms with E-state index in [4.69, 9.17) is 9.84 Å². The van der Waals surface area contributed by atoms with Crippen molar-refractivity contribution in [3.63, 3.8) is 0 Å². The third kappa shape index (κ3) is 4.46. The molecular formula is C19H29N3O4. The molecule has 0 unspecified atom stereocenters. The number of amides is 2. The Balaban J connectivity index is 2.15. The summed E-state index contributed by atoms with van der Waals surface area (Å²) in [5.74, 6) is 0.647. The first-order valence-electron chi connectivity index (χ1n) is 8.99. The van der Waals surface area contributed by atoms with Crippen molar-refractivity contribution in [3.05, 3.63) is 23.8 Å². The van der Waals surface area contributed by atoms with Gasteiger partial charge in [0.2, 0.25) is 5.91 Å². The zero-order valence-corrected chi connectivity index (χ0v) is 16.1. The number of hydrogen-bond donors (Lipinski definition) is 1. The summed E-state index contributed by atoms with van der Waals surface area (Å²) in [6.07, 6.45) is 1.16. The monoisotopic (exact) mass is 363 g/mol. The standard InChI is InChI=1S/C19H29N3O4/c1-5-8-22(9-10-23)18(24)12-15-13-26-17-7-6-14(19(25)20(2)3)11-16(17)21(15)4/h6-7,11,15,23H,5,8-10,12-13H2,1-4H3/t15-/m1/s1. The molecule has 1 aliphatic rings. The summed E-state index contributed by atoms with van der Waals surface area (Å²) >= 11 is 0. The maximum absolute atomic E-state index is 12.6. The summed E-state index contributed by atoms with van der Waals surface area (Å²) in [4.78, 5) is 30.0. The van der Waals surface area contributed by atoms with Crippen LogP contribution < -0.4 is 9.64 Å². The van der Waals surface area contributed by atoms with E-state index in [-0.39, 0.29) is 24.5 Å². The van der Waals surface area contributed by atoms with Crippen LogP contribution in [0.1, 0.15) is 30.1 Å². The minimum Gasteiger partial charge on any atom is -0.489 e. The van der Waals surface area contributed by atoms with E-state index in [1.165, 1.54) is 4.90 Å². The van der Waals surface area contributed by atoms with Gasteiger partial charge in [-0.25, -0.2) is 0 Å². The number of likely N-dealkylation sites (N-methyl/N-ethyl adjacent to an activating group) is 1. The lowest BCUT2D eigenvalue weighted by Crippen LogP contribution is -2.45. The number of fused-ring (bicyclic) bond motifs is 1. The van der Waals surface area contributed by atoms with Gasteiger partial charge in [-0.15, -0.1) is 0 Å². The highest BCUT2D eigenvalue weighted by atomic mass is 16.5. The molecular weight excluding hydrogens is 334 g/mol. The lowest BCUT2D eigenvalue weighted by atomic mass is 10.1. The third-order valence-electron chi connectivity index (χ3n) is 4.60. The Hall–Kier alpha value is -2.28. The predicted molar refractivity (Wildman–Crippen MR) is 101 cm³/mol. The van der Waals surface area contributed by atoms with Crippen LogP contribution in [0.2, 0.25) is 0 Å². The Bertz CT molecular complexity index is 642. The number of hydrogen-bond acceptors (Lipinski definition) is 5. The Labute approximate surface area is 155 Å². The number of ether oxygens (including phenoxy) is 1. The van der Waals surface area contributed by atoms with Gasteiger partial charge in [-0.3, -0.25) is 9.59 Å². The number of aliphatic hydroxyl groups excluding tert-OH is 1. The summed E-state index contributed by atoms with van der Waals surface area (Å²) in [7, 11) is 5.35. The Kier molecular flexibility index (Phi) is 6.85. The zero-order chi connectivity index (χ0) is 19.3. The van der Waals surface area contributed by atoms with Gasteiger partial charge in [-0.2, -0.15) is 0 Å². The van der Waals surface area contributed by atoms with Crippen LogP contribution in [-0.2, 0) is 4.79 Å². The molecule has 1 aromatic rings. The zero-order valence-electron chi connectivity index (χ0n) is 16.1. The van der Waals surface area contributed by atoms with Crippen molar-refractivity contribution >= 4 is 17.5 Å². The van der Waals surface area contributed by atoms with E-state index in [2.05, 4.69) is 0 Å². The van der Waals surface area contributed by atoms with Crippen molar-refractivity contribution in [2.45, 2.75) is 25.8 Å². The van der Waals surface area contributed by atoms with Gasteiger partial charge >= 0.3 is 0 Å². The van der Waals surface area contributed by atoms with Crippen molar-refractivity contribution in [2.24, 2.45) is 0 Å². The number of carbonyl (C=O) groups is 2. The molecule has 0 aliphatic carbocycles. The molecule has 2 rings (SSSR count). The molecule has 1 aliphatic heterocycles. The van der Waals surface area contributed by atoms with Crippen molar-refractivity contribution < 1.29 is 19.4 Å². The van der Waals surface area contributed by atoms with E-state index in [1.54, 1.807) is 31.1 Å². The fourth-order valence-corrected chi connectivity index (χ4v) is 3.08. The molecule has 0 bridgehead atoms. The summed E-state index contributed by atoms with van der Waals surface area (Å²) in [5, 5.41) is 9.16. The topological polar surface area (TPSA) is 73.3 Å². The van der Waals surface area contributed by atoms with Crippen LogP contribution in [0.5, 0.6) is 5.75 Å². The average Bonchev–Trinajstić information content (AvgIpc) is 2.62. The number of rotatable bonds is 7. The highest BCUT2D eigenvalue weighted by Gasteiger charge is 2.29. The minimum atomic E-state index is -0.113. The molecule has 0 saturated heterocycles. The highest BCUT2D eigenvalue weighted by molar-refractivity contribution is 5.95. The molecule has 7 heteroatoms. The van der Waals surface area contributed by atoms with Crippen molar-refractivity contribution in [1.82, 2.24) is 9.80 Å². The van der Waals surface area contributed by atoms with E-state index in [9.17, 15) is 9.59 Å². The number of carbonyl (C=O) groups excluding carboxylic acids is 2. The van der Waals surface area contributed by atoms with Gasteiger partial charge in [0.05, 0.1) is 24.8 Å². The number of aliphatic hydroxyl groups is 1. The lowest BCUT2D eigenvalue weighted by molar-refractivity contribution is -0.132. The van der Waals surface area contributed by atoms with Gasteiger partial charge in [0, 0.05) is 39.8 Å². The van der Waals surface area contributed by atoms with Crippen LogP contribution in [0.25, 0.3) is 0 Å². The smallest absolute Gasteiger partial charge is 0.253 e. The second-order valence-corrected chi connectivity index (χ2v) is 6.77. The molecule has 1 heterocycles. The van der Waals surface area contributed by atoms with Crippen LogP contribution in [-0.4, -0.2) is 80.2 Å². The number of benzene rings is 1. The van der Waals surface area contributed by atoms with E-state index in [1.807, 2.05) is 24.9 Å². The summed E-state index contributed by atoms with van der Waals surface area (Å²) in [5.41, 5.74) is 1.40. The highest BCUT2D eigenvalue weighted by Crippen LogP contribution is 2.34. The van der Waals surface area contributed by atoms with E-state index >= 15 is 0 Å². The summed E-state index contributed by atoms with van der Waals surface area (Å²) < 4.78 is 5.82. The minimum absolute atomic E-state index is 0.00493. The molecule has 0 radical (unpaired) electrons. The fourth-order valence-electron chi connectivity index (χ4n) is 3.08. The molecule has 0 aromatic heterocycles. The quantitative estimate of drug-likeness (QED) is 0.788. The van der Waals surface area contributed by atoms with Crippen molar-refractivity contribution in [2.75, 3.05) is 52.3 Å². The number of anilines is 1. The van der Waals surface area contributed by atoms with Gasteiger partial charge in [-0.1, -0.05) is 6.92 Å². The van der Waals surface area contributed by atoms with Gasteiger partial charge in [-0.05, 0) is 24.6 Å². The molecule has 2 amide bonds. The van der Waals surface area contributed by atoms with E-state index in [0.717, 1.165) is 12.1 Å². The molecule has 1 atom stereocenters. The molecule has 7 nitrogen and oxygen atoms in total. The molecule has 144 valence electrons. The van der Waals surface area contributed by atoms with Crippen LogP contribution in [0.3, 0.4) is 0 Å². The molecule has 1 aromatic carbocycles. The van der Waals surface area contributed by atoms with Gasteiger partial charge < -0.3 is 24.5 Å². The maximum atomic E-state index is 12.6. The molecule has 26 heavy (non-hydrogen) atoms. The van der Waals surface area contributed by atoms with Crippen LogP contribution in [0, 0.1) is 0 Å². The Morgan fingerprint density at radius 1 is 1.31 bits per heavy atom. The second-order valence-electron chi connectivity index (χ2n) is 6.77. The Morgan fingerprint density at radius 2 is 2.04 bits per heavy atom. The van der Waals surface area contributed by atoms with Gasteiger partial charge in [0.1, 0.15) is 12.4 Å². The Morgan fingerprint density at radius 3 is 2.65 bits per heavy atom. The number of nitrogens with zero attached hydrogens (tertiary/aromatic N) is 3. The van der Waals surface area contributed by atoms with Crippen LogP contribution >= 0.6 is 0 Å². The lowest BCUT2D eigenvalue weighted by Gasteiger charge is -2.36. The largest absolute Gasteiger partial charge is 0.489 e. The van der Waals surface area contributed by atoms with Crippen LogP contribution in [0.15, 0.2) is 18.2 Å². The third-order valence-corrected chi connectivity index (χ3v) is 4.60.